The predicted molar refractivity (Wildman–Crippen MR) is 68.7 cm³/mol. The number of aromatic hydroxyl groups is 1. The maximum absolute atomic E-state index is 9.26. The van der Waals surface area contributed by atoms with Gasteiger partial charge in [0.1, 0.15) is 5.75 Å². The van der Waals surface area contributed by atoms with Crippen molar-refractivity contribution in [1.82, 2.24) is 4.90 Å². The molecule has 0 aliphatic rings. The highest BCUT2D eigenvalue weighted by Crippen LogP contribution is 2.22. The molecular weight excluding hydrogens is 198 g/mol. The number of rotatable bonds is 6. The molecule has 1 N–H and O–H groups in total. The Hall–Kier alpha value is -1.02. The van der Waals surface area contributed by atoms with E-state index in [1.54, 1.807) is 12.1 Å². The van der Waals surface area contributed by atoms with E-state index in [0.717, 1.165) is 13.1 Å². The SMILES string of the molecule is CCCCN(CC)C(C)c1ccc(O)cc1. The van der Waals surface area contributed by atoms with Gasteiger partial charge < -0.3 is 5.11 Å². The number of phenolic OH excluding ortho intramolecular Hbond substituents is 1. The molecule has 2 heteroatoms. The number of phenols is 1. The van der Waals surface area contributed by atoms with Crippen molar-refractivity contribution in [2.45, 2.75) is 39.7 Å². The summed E-state index contributed by atoms with van der Waals surface area (Å²) in [5.41, 5.74) is 1.27. The molecule has 0 saturated heterocycles. The van der Waals surface area contributed by atoms with E-state index in [1.807, 2.05) is 12.1 Å². The van der Waals surface area contributed by atoms with Gasteiger partial charge in [0, 0.05) is 6.04 Å². The first kappa shape index (κ1) is 13.0. The third-order valence-electron chi connectivity index (χ3n) is 3.13. The van der Waals surface area contributed by atoms with Gasteiger partial charge in [0.2, 0.25) is 0 Å². The van der Waals surface area contributed by atoms with Crippen LogP contribution in [-0.2, 0) is 0 Å². The van der Waals surface area contributed by atoms with E-state index in [-0.39, 0.29) is 0 Å². The zero-order valence-electron chi connectivity index (χ0n) is 10.6. The Kier molecular flexibility index (Phi) is 5.33. The highest BCUT2D eigenvalue weighted by atomic mass is 16.3. The zero-order valence-corrected chi connectivity index (χ0v) is 10.6. The van der Waals surface area contributed by atoms with Gasteiger partial charge in [-0.25, -0.2) is 0 Å². The summed E-state index contributed by atoms with van der Waals surface area (Å²) in [6.07, 6.45) is 2.48. The second-order valence-electron chi connectivity index (χ2n) is 4.25. The molecule has 0 spiro atoms. The van der Waals surface area contributed by atoms with Crippen LogP contribution in [0.3, 0.4) is 0 Å². The Balaban J connectivity index is 2.66. The third-order valence-corrected chi connectivity index (χ3v) is 3.13. The van der Waals surface area contributed by atoms with Crippen molar-refractivity contribution in [3.63, 3.8) is 0 Å². The molecular formula is C14H23NO. The lowest BCUT2D eigenvalue weighted by Gasteiger charge is -2.28. The quantitative estimate of drug-likeness (QED) is 0.793. The second kappa shape index (κ2) is 6.54. The summed E-state index contributed by atoms with van der Waals surface area (Å²) < 4.78 is 0. The van der Waals surface area contributed by atoms with Gasteiger partial charge in [-0.15, -0.1) is 0 Å². The van der Waals surface area contributed by atoms with Gasteiger partial charge in [0.05, 0.1) is 0 Å². The zero-order chi connectivity index (χ0) is 12.0. The fourth-order valence-corrected chi connectivity index (χ4v) is 1.95. The average molecular weight is 221 g/mol. The Morgan fingerprint density at radius 3 is 2.31 bits per heavy atom. The summed E-state index contributed by atoms with van der Waals surface area (Å²) >= 11 is 0. The fourth-order valence-electron chi connectivity index (χ4n) is 1.95. The summed E-state index contributed by atoms with van der Waals surface area (Å²) in [6.45, 7) is 8.87. The third kappa shape index (κ3) is 3.53. The van der Waals surface area contributed by atoms with Crippen LogP contribution >= 0.6 is 0 Å². The van der Waals surface area contributed by atoms with Crippen molar-refractivity contribution in [3.8, 4) is 5.75 Å². The van der Waals surface area contributed by atoms with E-state index >= 15 is 0 Å². The van der Waals surface area contributed by atoms with Crippen LogP contribution in [0.5, 0.6) is 5.75 Å². The number of benzene rings is 1. The molecule has 1 aromatic rings. The molecule has 1 rings (SSSR count). The lowest BCUT2D eigenvalue weighted by molar-refractivity contribution is 0.218. The average Bonchev–Trinajstić information content (AvgIpc) is 2.30. The van der Waals surface area contributed by atoms with Crippen LogP contribution < -0.4 is 0 Å². The topological polar surface area (TPSA) is 23.5 Å². The van der Waals surface area contributed by atoms with Crippen LogP contribution in [0.1, 0.15) is 45.2 Å². The van der Waals surface area contributed by atoms with Gasteiger partial charge in [-0.3, -0.25) is 4.90 Å². The Morgan fingerprint density at radius 1 is 1.19 bits per heavy atom. The van der Waals surface area contributed by atoms with E-state index in [0.29, 0.717) is 11.8 Å². The smallest absolute Gasteiger partial charge is 0.115 e. The lowest BCUT2D eigenvalue weighted by Crippen LogP contribution is -2.27. The molecule has 0 bridgehead atoms. The van der Waals surface area contributed by atoms with Crippen molar-refractivity contribution in [1.29, 1.82) is 0 Å². The van der Waals surface area contributed by atoms with Gasteiger partial charge >= 0.3 is 0 Å². The minimum atomic E-state index is 0.340. The number of unbranched alkanes of at least 4 members (excludes halogenated alkanes) is 1. The van der Waals surface area contributed by atoms with Crippen molar-refractivity contribution in [2.75, 3.05) is 13.1 Å². The molecule has 0 aliphatic heterocycles. The Bertz CT molecular complexity index is 294. The van der Waals surface area contributed by atoms with Gasteiger partial charge in [-0.05, 0) is 44.1 Å². The molecule has 0 heterocycles. The monoisotopic (exact) mass is 221 g/mol. The van der Waals surface area contributed by atoms with Crippen LogP contribution in [0, 0.1) is 0 Å². The maximum Gasteiger partial charge on any atom is 0.115 e. The minimum Gasteiger partial charge on any atom is -0.508 e. The number of hydrogen-bond acceptors (Lipinski definition) is 2. The van der Waals surface area contributed by atoms with Crippen LogP contribution in [0.15, 0.2) is 24.3 Å². The molecule has 1 aromatic carbocycles. The van der Waals surface area contributed by atoms with Crippen LogP contribution in [-0.4, -0.2) is 23.1 Å². The molecule has 16 heavy (non-hydrogen) atoms. The van der Waals surface area contributed by atoms with E-state index in [4.69, 9.17) is 0 Å². The first-order chi connectivity index (χ1) is 7.69. The van der Waals surface area contributed by atoms with Gasteiger partial charge in [0.25, 0.3) is 0 Å². The summed E-state index contributed by atoms with van der Waals surface area (Å²) in [6, 6.07) is 7.97. The largest absolute Gasteiger partial charge is 0.508 e. The summed E-state index contributed by atoms with van der Waals surface area (Å²) in [5.74, 6) is 0.340. The van der Waals surface area contributed by atoms with Crippen molar-refractivity contribution >= 4 is 0 Å². The minimum absolute atomic E-state index is 0.340. The first-order valence-electron chi connectivity index (χ1n) is 6.22. The number of hydrogen-bond donors (Lipinski definition) is 1. The van der Waals surface area contributed by atoms with Gasteiger partial charge in [-0.1, -0.05) is 32.4 Å². The summed E-state index contributed by atoms with van der Waals surface area (Å²) in [5, 5.41) is 9.26. The molecule has 0 radical (unpaired) electrons. The normalized spacial score (nSPS) is 13.0. The fraction of sp³-hybridized carbons (Fsp3) is 0.571. The lowest BCUT2D eigenvalue weighted by atomic mass is 10.1. The van der Waals surface area contributed by atoms with E-state index in [9.17, 15) is 5.11 Å². The van der Waals surface area contributed by atoms with Crippen LogP contribution in [0.2, 0.25) is 0 Å². The standard InChI is InChI=1S/C14H23NO/c1-4-6-11-15(5-2)12(3)13-7-9-14(16)10-8-13/h7-10,12,16H,4-6,11H2,1-3H3. The van der Waals surface area contributed by atoms with E-state index in [1.165, 1.54) is 18.4 Å². The van der Waals surface area contributed by atoms with Crippen molar-refractivity contribution in [3.05, 3.63) is 29.8 Å². The molecule has 0 fully saturated rings. The molecule has 2 nitrogen and oxygen atoms in total. The van der Waals surface area contributed by atoms with Gasteiger partial charge in [-0.2, -0.15) is 0 Å². The molecule has 1 unspecified atom stereocenters. The van der Waals surface area contributed by atoms with Crippen LogP contribution in [0.4, 0.5) is 0 Å². The molecule has 0 aliphatic carbocycles. The molecule has 0 aromatic heterocycles. The van der Waals surface area contributed by atoms with Crippen molar-refractivity contribution < 1.29 is 5.11 Å². The van der Waals surface area contributed by atoms with E-state index < -0.39 is 0 Å². The van der Waals surface area contributed by atoms with E-state index in [2.05, 4.69) is 25.7 Å². The molecule has 0 saturated carbocycles. The predicted octanol–water partition coefficient (Wildman–Crippen LogP) is 3.58. The molecule has 1 atom stereocenters. The summed E-state index contributed by atoms with van der Waals surface area (Å²) in [4.78, 5) is 2.47. The Morgan fingerprint density at radius 2 is 1.81 bits per heavy atom. The highest BCUT2D eigenvalue weighted by molar-refractivity contribution is 5.27. The maximum atomic E-state index is 9.26. The molecule has 90 valence electrons. The Labute approximate surface area is 98.9 Å². The first-order valence-corrected chi connectivity index (χ1v) is 6.22. The summed E-state index contributed by atoms with van der Waals surface area (Å²) in [7, 11) is 0. The number of nitrogens with zero attached hydrogens (tertiary/aromatic N) is 1. The highest BCUT2D eigenvalue weighted by Gasteiger charge is 2.13. The van der Waals surface area contributed by atoms with Crippen molar-refractivity contribution in [2.24, 2.45) is 0 Å². The molecule has 0 amide bonds. The second-order valence-corrected chi connectivity index (χ2v) is 4.25. The van der Waals surface area contributed by atoms with Gasteiger partial charge in [0.15, 0.2) is 0 Å². The van der Waals surface area contributed by atoms with Crippen LogP contribution in [0.25, 0.3) is 0 Å².